The third-order valence-corrected chi connectivity index (χ3v) is 5.95. The van der Waals surface area contributed by atoms with E-state index in [4.69, 9.17) is 10.5 Å². The molecule has 0 aliphatic carbocycles. The normalized spacial score (nSPS) is 12.9. The summed E-state index contributed by atoms with van der Waals surface area (Å²) in [7, 11) is 0. The average Bonchev–Trinajstić information content (AvgIpc) is 3.18. The minimum Gasteiger partial charge on any atom is -0.484 e. The Kier molecular flexibility index (Phi) is 5.67. The number of nitrogens with zero attached hydrogens (tertiary/aromatic N) is 2. The van der Waals surface area contributed by atoms with Gasteiger partial charge in [-0.05, 0) is 31.2 Å². The van der Waals surface area contributed by atoms with Crippen LogP contribution in [0.5, 0.6) is 5.75 Å². The van der Waals surface area contributed by atoms with E-state index >= 15 is 0 Å². The van der Waals surface area contributed by atoms with Crippen LogP contribution in [0.25, 0.3) is 0 Å². The topological polar surface area (TPSA) is 97.5 Å². The summed E-state index contributed by atoms with van der Waals surface area (Å²) >= 11 is 1.31. The van der Waals surface area contributed by atoms with Crippen LogP contribution in [0.15, 0.2) is 48.5 Å². The molecule has 8 heteroatoms. The van der Waals surface area contributed by atoms with Crippen LogP contribution in [0, 0.1) is 6.92 Å². The highest BCUT2D eigenvalue weighted by atomic mass is 32.1. The number of ether oxygens (including phenoxy) is 1. The molecule has 4 rings (SSSR count). The van der Waals surface area contributed by atoms with Gasteiger partial charge in [-0.2, -0.15) is 0 Å². The predicted octanol–water partition coefficient (Wildman–Crippen LogP) is 3.25. The van der Waals surface area contributed by atoms with Crippen molar-refractivity contribution >= 4 is 34.5 Å². The summed E-state index contributed by atoms with van der Waals surface area (Å²) in [6, 6.07) is 14.7. The Bertz CT molecular complexity index is 1080. The molecule has 30 heavy (non-hydrogen) atoms. The van der Waals surface area contributed by atoms with Gasteiger partial charge in [-0.25, -0.2) is 4.98 Å². The second-order valence-corrected chi connectivity index (χ2v) is 8.18. The van der Waals surface area contributed by atoms with Crippen molar-refractivity contribution in [3.8, 4) is 5.75 Å². The molecule has 154 valence electrons. The van der Waals surface area contributed by atoms with Gasteiger partial charge < -0.3 is 20.7 Å². The van der Waals surface area contributed by atoms with Crippen molar-refractivity contribution in [2.75, 3.05) is 24.2 Å². The summed E-state index contributed by atoms with van der Waals surface area (Å²) in [5, 5.41) is 3.16. The van der Waals surface area contributed by atoms with E-state index in [1.807, 2.05) is 31.2 Å². The standard InChI is InChI=1S/C22H22N4O3S/c1-14-6-8-15(9-7-14)29-13-20(27)26-11-10-18-19(12-26)30-22(25-18)21(28)24-17-5-3-2-4-16(17)23/h2-9H,10-13,23H2,1H3,(H,24,28). The van der Waals surface area contributed by atoms with Crippen molar-refractivity contribution in [3.05, 3.63) is 69.7 Å². The van der Waals surface area contributed by atoms with Crippen LogP contribution in [-0.2, 0) is 17.8 Å². The number of aryl methyl sites for hydroxylation is 1. The molecule has 3 N–H and O–H groups in total. The van der Waals surface area contributed by atoms with E-state index in [-0.39, 0.29) is 18.4 Å². The Hall–Kier alpha value is -3.39. The lowest BCUT2D eigenvalue weighted by atomic mass is 10.2. The zero-order valence-corrected chi connectivity index (χ0v) is 17.4. The molecular formula is C22H22N4O3S. The highest BCUT2D eigenvalue weighted by molar-refractivity contribution is 7.13. The highest BCUT2D eigenvalue weighted by Gasteiger charge is 2.26. The van der Waals surface area contributed by atoms with Crippen molar-refractivity contribution < 1.29 is 14.3 Å². The Morgan fingerprint density at radius 2 is 1.97 bits per heavy atom. The molecule has 2 amide bonds. The van der Waals surface area contributed by atoms with Crippen LogP contribution in [0.4, 0.5) is 11.4 Å². The maximum absolute atomic E-state index is 12.6. The van der Waals surface area contributed by atoms with Gasteiger partial charge in [0.15, 0.2) is 11.6 Å². The highest BCUT2D eigenvalue weighted by Crippen LogP contribution is 2.27. The molecule has 1 aromatic heterocycles. The number of aromatic nitrogens is 1. The van der Waals surface area contributed by atoms with Crippen LogP contribution < -0.4 is 15.8 Å². The number of fused-ring (bicyclic) bond motifs is 1. The van der Waals surface area contributed by atoms with Crippen molar-refractivity contribution in [1.82, 2.24) is 9.88 Å². The fourth-order valence-electron chi connectivity index (χ4n) is 3.16. The second kappa shape index (κ2) is 8.54. The molecule has 0 saturated heterocycles. The smallest absolute Gasteiger partial charge is 0.284 e. The molecule has 0 saturated carbocycles. The lowest BCUT2D eigenvalue weighted by molar-refractivity contribution is -0.134. The number of thiazole rings is 1. The van der Waals surface area contributed by atoms with Gasteiger partial charge in [-0.15, -0.1) is 11.3 Å². The number of nitrogen functional groups attached to an aromatic ring is 1. The molecule has 2 heterocycles. The molecule has 0 bridgehead atoms. The lowest BCUT2D eigenvalue weighted by Gasteiger charge is -2.26. The van der Waals surface area contributed by atoms with E-state index in [1.165, 1.54) is 11.3 Å². The number of hydrogen-bond donors (Lipinski definition) is 2. The number of carbonyl (C=O) groups excluding carboxylic acids is 2. The fraction of sp³-hybridized carbons (Fsp3) is 0.227. The van der Waals surface area contributed by atoms with Crippen LogP contribution in [0.2, 0.25) is 0 Å². The zero-order chi connectivity index (χ0) is 21.1. The van der Waals surface area contributed by atoms with E-state index in [0.29, 0.717) is 41.6 Å². The van der Waals surface area contributed by atoms with Gasteiger partial charge in [0.25, 0.3) is 11.8 Å². The van der Waals surface area contributed by atoms with Crippen LogP contribution in [0.3, 0.4) is 0 Å². The summed E-state index contributed by atoms with van der Waals surface area (Å²) in [5.74, 6) is 0.286. The number of nitrogens with two attached hydrogens (primary N) is 1. The first kappa shape index (κ1) is 19.9. The number of anilines is 2. The summed E-state index contributed by atoms with van der Waals surface area (Å²) < 4.78 is 5.61. The van der Waals surface area contributed by atoms with Crippen LogP contribution in [-0.4, -0.2) is 34.8 Å². The van der Waals surface area contributed by atoms with Gasteiger partial charge in [-0.3, -0.25) is 9.59 Å². The fourth-order valence-corrected chi connectivity index (χ4v) is 4.18. The largest absolute Gasteiger partial charge is 0.484 e. The van der Waals surface area contributed by atoms with Crippen molar-refractivity contribution in [3.63, 3.8) is 0 Å². The van der Waals surface area contributed by atoms with Gasteiger partial charge in [-0.1, -0.05) is 29.8 Å². The SMILES string of the molecule is Cc1ccc(OCC(=O)N2CCc3nc(C(=O)Nc4ccccc4N)sc3C2)cc1. The van der Waals surface area contributed by atoms with Crippen molar-refractivity contribution in [1.29, 1.82) is 0 Å². The summed E-state index contributed by atoms with van der Waals surface area (Å²) in [6.45, 7) is 2.97. The second-order valence-electron chi connectivity index (χ2n) is 7.10. The number of rotatable bonds is 5. The van der Waals surface area contributed by atoms with E-state index in [2.05, 4.69) is 10.3 Å². The average molecular weight is 423 g/mol. The maximum atomic E-state index is 12.6. The van der Waals surface area contributed by atoms with Gasteiger partial charge >= 0.3 is 0 Å². The summed E-state index contributed by atoms with van der Waals surface area (Å²) in [5.41, 5.74) is 8.95. The van der Waals surface area contributed by atoms with Crippen LogP contribution >= 0.6 is 11.3 Å². The van der Waals surface area contributed by atoms with Gasteiger partial charge in [0.2, 0.25) is 0 Å². The van der Waals surface area contributed by atoms with Crippen molar-refractivity contribution in [2.45, 2.75) is 19.9 Å². The molecule has 1 aliphatic heterocycles. The van der Waals surface area contributed by atoms with E-state index in [9.17, 15) is 9.59 Å². The molecule has 2 aromatic carbocycles. The third-order valence-electron chi connectivity index (χ3n) is 4.87. The minimum atomic E-state index is -0.298. The summed E-state index contributed by atoms with van der Waals surface area (Å²) in [4.78, 5) is 32.3. The number of para-hydroxylation sites is 2. The van der Waals surface area contributed by atoms with Crippen molar-refractivity contribution in [2.24, 2.45) is 0 Å². The predicted molar refractivity (Wildman–Crippen MR) is 117 cm³/mol. The first-order valence-electron chi connectivity index (χ1n) is 9.61. The van der Waals surface area contributed by atoms with Gasteiger partial charge in [0.1, 0.15) is 5.75 Å². The first-order chi connectivity index (χ1) is 14.5. The maximum Gasteiger partial charge on any atom is 0.284 e. The van der Waals surface area contributed by atoms with E-state index in [0.717, 1.165) is 16.1 Å². The Morgan fingerprint density at radius 1 is 1.20 bits per heavy atom. The number of nitrogens with one attached hydrogen (secondary N) is 1. The minimum absolute atomic E-state index is 0.0160. The molecule has 0 spiro atoms. The first-order valence-corrected chi connectivity index (χ1v) is 10.4. The van der Waals surface area contributed by atoms with Gasteiger partial charge in [0.05, 0.1) is 23.6 Å². The number of amides is 2. The molecule has 1 aliphatic rings. The lowest BCUT2D eigenvalue weighted by Crippen LogP contribution is -2.38. The number of benzene rings is 2. The monoisotopic (exact) mass is 422 g/mol. The quantitative estimate of drug-likeness (QED) is 0.615. The molecule has 0 fully saturated rings. The number of carbonyl (C=O) groups is 2. The molecule has 0 radical (unpaired) electrons. The van der Waals surface area contributed by atoms with E-state index in [1.54, 1.807) is 29.2 Å². The number of hydrogen-bond acceptors (Lipinski definition) is 6. The van der Waals surface area contributed by atoms with Gasteiger partial charge in [0, 0.05) is 17.8 Å². The molecule has 3 aromatic rings. The molecule has 7 nitrogen and oxygen atoms in total. The Morgan fingerprint density at radius 3 is 2.73 bits per heavy atom. The summed E-state index contributed by atoms with van der Waals surface area (Å²) in [6.07, 6.45) is 0.614. The Balaban J connectivity index is 1.37. The van der Waals surface area contributed by atoms with E-state index < -0.39 is 0 Å². The zero-order valence-electron chi connectivity index (χ0n) is 16.6. The molecular weight excluding hydrogens is 400 g/mol. The molecule has 0 atom stereocenters. The third kappa shape index (κ3) is 4.44. The Labute approximate surface area is 178 Å². The molecule has 0 unspecified atom stereocenters. The van der Waals surface area contributed by atoms with Crippen LogP contribution in [0.1, 0.15) is 25.9 Å².